The molecule has 1 aromatic rings. The third-order valence-electron chi connectivity index (χ3n) is 1.74. The van der Waals surface area contributed by atoms with Crippen LogP contribution in [0, 0.1) is 6.92 Å². The predicted octanol–water partition coefficient (Wildman–Crippen LogP) is 0.667. The van der Waals surface area contributed by atoms with Crippen LogP contribution in [0.4, 0.5) is 10.5 Å². The molecule has 0 aliphatic heterocycles. The second kappa shape index (κ2) is 4.37. The summed E-state index contributed by atoms with van der Waals surface area (Å²) in [5, 5.41) is 2.28. The number of carbonyl (C=O) groups excluding carboxylic acids is 1. The highest BCUT2D eigenvalue weighted by atomic mass is 32.3. The van der Waals surface area contributed by atoms with Gasteiger partial charge in [0, 0.05) is 11.3 Å². The van der Waals surface area contributed by atoms with Gasteiger partial charge in [0.2, 0.25) is 0 Å². The monoisotopic (exact) mass is 246 g/mol. The Balaban J connectivity index is 3.09. The van der Waals surface area contributed by atoms with Gasteiger partial charge in [-0.15, -0.1) is 0 Å². The molecule has 0 heterocycles. The predicted molar refractivity (Wildman–Crippen MR) is 56.6 cm³/mol. The summed E-state index contributed by atoms with van der Waals surface area (Å²) >= 11 is 0. The first kappa shape index (κ1) is 12.3. The first-order valence-electron chi connectivity index (χ1n) is 4.12. The Morgan fingerprint density at radius 2 is 2.12 bits per heavy atom. The standard InChI is InChI=1S/C8H10N2O5S/c1-5-6(10-8(9)11)3-2-4-7(5)15-16(12,13)14/h2-4H,1H3,(H3,9,10,11)(H,12,13,14). The van der Waals surface area contributed by atoms with E-state index in [1.54, 1.807) is 0 Å². The molecule has 1 aromatic carbocycles. The lowest BCUT2D eigenvalue weighted by Gasteiger charge is -2.09. The zero-order chi connectivity index (χ0) is 12.3. The molecule has 0 radical (unpaired) electrons. The van der Waals surface area contributed by atoms with Crippen LogP contribution in [0.15, 0.2) is 18.2 Å². The normalized spacial score (nSPS) is 10.9. The van der Waals surface area contributed by atoms with Crippen molar-refractivity contribution in [2.24, 2.45) is 5.73 Å². The van der Waals surface area contributed by atoms with Gasteiger partial charge in [0.15, 0.2) is 0 Å². The average Bonchev–Trinajstić information content (AvgIpc) is 2.09. The smallest absolute Gasteiger partial charge is 0.361 e. The van der Waals surface area contributed by atoms with Crippen molar-refractivity contribution in [1.82, 2.24) is 0 Å². The molecule has 0 saturated heterocycles. The molecule has 8 heteroatoms. The van der Waals surface area contributed by atoms with Gasteiger partial charge in [0.05, 0.1) is 0 Å². The molecule has 4 N–H and O–H groups in total. The van der Waals surface area contributed by atoms with Crippen LogP contribution in [0.1, 0.15) is 5.56 Å². The minimum absolute atomic E-state index is 0.0891. The number of urea groups is 1. The number of primary amides is 1. The molecular formula is C8H10N2O5S. The molecule has 1 rings (SSSR count). The highest BCUT2D eigenvalue weighted by Crippen LogP contribution is 2.26. The van der Waals surface area contributed by atoms with Crippen LogP contribution in [0.25, 0.3) is 0 Å². The van der Waals surface area contributed by atoms with E-state index in [4.69, 9.17) is 10.3 Å². The van der Waals surface area contributed by atoms with Crippen molar-refractivity contribution < 1.29 is 21.9 Å². The Morgan fingerprint density at radius 1 is 1.50 bits per heavy atom. The largest absolute Gasteiger partial charge is 0.446 e. The van der Waals surface area contributed by atoms with Crippen LogP contribution in [0.2, 0.25) is 0 Å². The molecule has 0 aromatic heterocycles. The van der Waals surface area contributed by atoms with Crippen molar-refractivity contribution in [3.63, 3.8) is 0 Å². The van der Waals surface area contributed by atoms with Crippen LogP contribution in [-0.2, 0) is 10.4 Å². The number of rotatable bonds is 3. The summed E-state index contributed by atoms with van der Waals surface area (Å²) in [5.41, 5.74) is 5.54. The number of benzene rings is 1. The number of carbonyl (C=O) groups is 1. The van der Waals surface area contributed by atoms with Crippen molar-refractivity contribution in [3.05, 3.63) is 23.8 Å². The van der Waals surface area contributed by atoms with E-state index in [9.17, 15) is 13.2 Å². The molecule has 0 atom stereocenters. The van der Waals surface area contributed by atoms with Crippen LogP contribution in [-0.4, -0.2) is 19.0 Å². The Kier molecular flexibility index (Phi) is 3.35. The summed E-state index contributed by atoms with van der Waals surface area (Å²) in [7, 11) is -4.59. The third kappa shape index (κ3) is 3.41. The number of nitrogens with two attached hydrogens (primary N) is 1. The summed E-state index contributed by atoms with van der Waals surface area (Å²) < 4.78 is 33.8. The fourth-order valence-corrected chi connectivity index (χ4v) is 1.49. The van der Waals surface area contributed by atoms with E-state index < -0.39 is 16.4 Å². The molecule has 0 spiro atoms. The Hall–Kier alpha value is -1.80. The molecule has 88 valence electrons. The van der Waals surface area contributed by atoms with Gasteiger partial charge in [-0.05, 0) is 19.1 Å². The molecule has 2 amide bonds. The van der Waals surface area contributed by atoms with Gasteiger partial charge in [-0.3, -0.25) is 4.55 Å². The zero-order valence-electron chi connectivity index (χ0n) is 8.30. The van der Waals surface area contributed by atoms with Crippen molar-refractivity contribution in [1.29, 1.82) is 0 Å². The van der Waals surface area contributed by atoms with E-state index in [-0.39, 0.29) is 5.75 Å². The molecule has 0 bridgehead atoms. The van der Waals surface area contributed by atoms with E-state index in [1.807, 2.05) is 0 Å². The maximum absolute atomic E-state index is 10.6. The van der Waals surface area contributed by atoms with Gasteiger partial charge < -0.3 is 15.2 Å². The van der Waals surface area contributed by atoms with Crippen molar-refractivity contribution in [2.75, 3.05) is 5.32 Å². The van der Waals surface area contributed by atoms with Crippen LogP contribution >= 0.6 is 0 Å². The van der Waals surface area contributed by atoms with Crippen molar-refractivity contribution in [2.45, 2.75) is 6.92 Å². The van der Waals surface area contributed by atoms with Crippen molar-refractivity contribution >= 4 is 22.1 Å². The fraction of sp³-hybridized carbons (Fsp3) is 0.125. The van der Waals surface area contributed by atoms with Crippen LogP contribution in [0.3, 0.4) is 0 Å². The van der Waals surface area contributed by atoms with Gasteiger partial charge >= 0.3 is 16.4 Å². The number of anilines is 1. The number of amides is 2. The number of nitrogens with one attached hydrogen (secondary N) is 1. The molecule has 16 heavy (non-hydrogen) atoms. The molecule has 0 aliphatic rings. The maximum atomic E-state index is 10.6. The number of hydrogen-bond donors (Lipinski definition) is 3. The zero-order valence-corrected chi connectivity index (χ0v) is 9.11. The molecule has 7 nitrogen and oxygen atoms in total. The lowest BCUT2D eigenvalue weighted by Crippen LogP contribution is -2.20. The SMILES string of the molecule is Cc1c(NC(N)=O)cccc1OS(=O)(=O)O. The quantitative estimate of drug-likeness (QED) is 0.677. The molecular weight excluding hydrogens is 236 g/mol. The topological polar surface area (TPSA) is 119 Å². The molecule has 0 aliphatic carbocycles. The van der Waals surface area contributed by atoms with Gasteiger partial charge in [0.1, 0.15) is 5.75 Å². The highest BCUT2D eigenvalue weighted by Gasteiger charge is 2.12. The van der Waals surface area contributed by atoms with Crippen molar-refractivity contribution in [3.8, 4) is 5.75 Å². The average molecular weight is 246 g/mol. The first-order chi connectivity index (χ1) is 7.29. The van der Waals surface area contributed by atoms with Crippen LogP contribution in [0.5, 0.6) is 5.75 Å². The minimum Gasteiger partial charge on any atom is -0.361 e. The molecule has 0 unspecified atom stereocenters. The van der Waals surface area contributed by atoms with Crippen LogP contribution < -0.4 is 15.2 Å². The van der Waals surface area contributed by atoms with E-state index >= 15 is 0 Å². The molecule has 0 fully saturated rings. The summed E-state index contributed by atoms with van der Waals surface area (Å²) in [6, 6.07) is 3.50. The van der Waals surface area contributed by atoms with Gasteiger partial charge in [-0.2, -0.15) is 8.42 Å². The maximum Gasteiger partial charge on any atom is 0.446 e. The summed E-state index contributed by atoms with van der Waals surface area (Å²) in [4.78, 5) is 10.6. The molecule has 0 saturated carbocycles. The summed E-state index contributed by atoms with van der Waals surface area (Å²) in [6.45, 7) is 1.51. The summed E-state index contributed by atoms with van der Waals surface area (Å²) in [6.07, 6.45) is 0. The first-order valence-corrected chi connectivity index (χ1v) is 5.49. The Labute approximate surface area is 92.2 Å². The number of hydrogen-bond acceptors (Lipinski definition) is 4. The van der Waals surface area contributed by atoms with Gasteiger partial charge in [0.25, 0.3) is 0 Å². The van der Waals surface area contributed by atoms with E-state index in [0.29, 0.717) is 11.3 Å². The second-order valence-corrected chi connectivity index (χ2v) is 3.95. The lowest BCUT2D eigenvalue weighted by atomic mass is 10.2. The third-order valence-corrected chi connectivity index (χ3v) is 2.13. The lowest BCUT2D eigenvalue weighted by molar-refractivity contribution is 0.259. The minimum atomic E-state index is -4.59. The van der Waals surface area contributed by atoms with Gasteiger partial charge in [-0.1, -0.05) is 6.07 Å². The highest BCUT2D eigenvalue weighted by molar-refractivity contribution is 7.81. The fourth-order valence-electron chi connectivity index (χ4n) is 1.09. The van der Waals surface area contributed by atoms with E-state index in [0.717, 1.165) is 0 Å². The Bertz CT molecular complexity index is 511. The Morgan fingerprint density at radius 3 is 2.62 bits per heavy atom. The second-order valence-electron chi connectivity index (χ2n) is 2.93. The van der Waals surface area contributed by atoms with Gasteiger partial charge in [-0.25, -0.2) is 4.79 Å². The van der Waals surface area contributed by atoms with E-state index in [1.165, 1.54) is 25.1 Å². The van der Waals surface area contributed by atoms with E-state index in [2.05, 4.69) is 9.50 Å². The summed E-state index contributed by atoms with van der Waals surface area (Å²) in [5.74, 6) is -0.0891.